The van der Waals surface area contributed by atoms with Crippen LogP contribution >= 0.6 is 0 Å². The molecule has 0 spiro atoms. The van der Waals surface area contributed by atoms with Gasteiger partial charge in [0, 0.05) is 0 Å². The molecule has 0 aliphatic heterocycles. The third-order valence-electron chi connectivity index (χ3n) is 2.72. The SMILES string of the molecule is O=S(=O)(C=Cc1ccccc1)On1nnc2ccccc21. The lowest BCUT2D eigenvalue weighted by Gasteiger charge is -2.01. The smallest absolute Gasteiger partial charge is 0.264 e. The fourth-order valence-corrected chi connectivity index (χ4v) is 2.43. The first-order valence-corrected chi connectivity index (χ1v) is 7.60. The summed E-state index contributed by atoms with van der Waals surface area (Å²) in [6.07, 6.45) is 1.45. The highest BCUT2D eigenvalue weighted by molar-refractivity contribution is 7.90. The van der Waals surface area contributed by atoms with Crippen LogP contribution in [0.5, 0.6) is 0 Å². The van der Waals surface area contributed by atoms with Crippen molar-refractivity contribution >= 4 is 27.2 Å². The normalized spacial score (nSPS) is 12.0. The van der Waals surface area contributed by atoms with Gasteiger partial charge in [0.1, 0.15) is 11.0 Å². The van der Waals surface area contributed by atoms with Crippen molar-refractivity contribution in [2.24, 2.45) is 0 Å². The van der Waals surface area contributed by atoms with Crippen molar-refractivity contribution in [3.8, 4) is 0 Å². The van der Waals surface area contributed by atoms with Gasteiger partial charge < -0.3 is 0 Å². The van der Waals surface area contributed by atoms with Crippen molar-refractivity contribution in [3.05, 3.63) is 65.6 Å². The Bertz CT molecular complexity index is 886. The van der Waals surface area contributed by atoms with E-state index in [1.807, 2.05) is 18.2 Å². The van der Waals surface area contributed by atoms with E-state index in [4.69, 9.17) is 4.28 Å². The van der Waals surface area contributed by atoms with Crippen LogP contribution in [0.4, 0.5) is 0 Å². The van der Waals surface area contributed by atoms with Crippen LogP contribution in [-0.4, -0.2) is 23.6 Å². The highest BCUT2D eigenvalue weighted by Gasteiger charge is 2.12. The van der Waals surface area contributed by atoms with Gasteiger partial charge in [0.25, 0.3) is 0 Å². The van der Waals surface area contributed by atoms with E-state index in [-0.39, 0.29) is 0 Å². The summed E-state index contributed by atoms with van der Waals surface area (Å²) in [4.78, 5) is 0.889. The van der Waals surface area contributed by atoms with Crippen molar-refractivity contribution in [1.82, 2.24) is 15.2 Å². The molecule has 0 aliphatic carbocycles. The van der Waals surface area contributed by atoms with Crippen molar-refractivity contribution < 1.29 is 12.7 Å². The van der Waals surface area contributed by atoms with Gasteiger partial charge in [0.05, 0.1) is 5.41 Å². The molecule has 0 atom stereocenters. The van der Waals surface area contributed by atoms with Crippen LogP contribution in [0.25, 0.3) is 17.1 Å². The first kappa shape index (κ1) is 13.3. The van der Waals surface area contributed by atoms with Gasteiger partial charge in [0.2, 0.25) is 0 Å². The largest absolute Gasteiger partial charge is 0.351 e. The minimum Gasteiger partial charge on any atom is -0.264 e. The van der Waals surface area contributed by atoms with Gasteiger partial charge in [-0.05, 0) is 29.0 Å². The van der Waals surface area contributed by atoms with Gasteiger partial charge in [-0.25, -0.2) is 0 Å². The number of aromatic nitrogens is 3. The molecule has 6 nitrogen and oxygen atoms in total. The number of fused-ring (bicyclic) bond motifs is 1. The molecule has 0 fully saturated rings. The van der Waals surface area contributed by atoms with E-state index in [0.717, 1.165) is 15.8 Å². The summed E-state index contributed by atoms with van der Waals surface area (Å²) >= 11 is 0. The van der Waals surface area contributed by atoms with Gasteiger partial charge in [-0.1, -0.05) is 47.3 Å². The minimum absolute atomic E-state index is 0.481. The predicted octanol–water partition coefficient (Wildman–Crippen LogP) is 1.86. The second-order valence-corrected chi connectivity index (χ2v) is 5.64. The van der Waals surface area contributed by atoms with Crippen molar-refractivity contribution in [2.45, 2.75) is 0 Å². The fraction of sp³-hybridized carbons (Fsp3) is 0. The first-order valence-electron chi connectivity index (χ1n) is 6.13. The summed E-state index contributed by atoms with van der Waals surface area (Å²) in [6.45, 7) is 0. The maximum atomic E-state index is 11.9. The lowest BCUT2D eigenvalue weighted by molar-refractivity contribution is 0.249. The maximum absolute atomic E-state index is 11.9. The highest BCUT2D eigenvalue weighted by Crippen LogP contribution is 2.10. The number of para-hydroxylation sites is 1. The summed E-state index contributed by atoms with van der Waals surface area (Å²) in [6, 6.07) is 16.0. The molecule has 0 bridgehead atoms. The van der Waals surface area contributed by atoms with Gasteiger partial charge in [-0.3, -0.25) is 4.28 Å². The average molecular weight is 301 g/mol. The molecule has 0 saturated heterocycles. The van der Waals surface area contributed by atoms with Crippen molar-refractivity contribution in [2.75, 3.05) is 0 Å². The maximum Gasteiger partial charge on any atom is 0.351 e. The zero-order valence-electron chi connectivity index (χ0n) is 10.8. The van der Waals surface area contributed by atoms with Crippen molar-refractivity contribution in [3.63, 3.8) is 0 Å². The van der Waals surface area contributed by atoms with Crippen LogP contribution in [0.3, 0.4) is 0 Å². The second kappa shape index (κ2) is 5.37. The number of hydrogen-bond donors (Lipinski definition) is 0. The van der Waals surface area contributed by atoms with Gasteiger partial charge in [-0.2, -0.15) is 8.42 Å². The first-order chi connectivity index (χ1) is 10.1. The summed E-state index contributed by atoms with van der Waals surface area (Å²) in [5.41, 5.74) is 1.79. The van der Waals surface area contributed by atoms with E-state index in [2.05, 4.69) is 10.3 Å². The molecule has 21 heavy (non-hydrogen) atoms. The number of benzene rings is 2. The van der Waals surface area contributed by atoms with Crippen LogP contribution in [0.15, 0.2) is 60.0 Å². The third-order valence-corrected chi connectivity index (χ3v) is 3.54. The number of rotatable bonds is 4. The van der Waals surface area contributed by atoms with E-state index in [1.165, 1.54) is 6.08 Å². The Morgan fingerprint density at radius 1 is 1.00 bits per heavy atom. The molecule has 3 rings (SSSR count). The minimum atomic E-state index is -3.91. The Morgan fingerprint density at radius 2 is 1.71 bits per heavy atom. The molecular weight excluding hydrogens is 290 g/mol. The quantitative estimate of drug-likeness (QED) is 0.735. The molecule has 0 saturated carbocycles. The van der Waals surface area contributed by atoms with Crippen LogP contribution in [0.2, 0.25) is 0 Å². The lowest BCUT2D eigenvalue weighted by atomic mass is 10.2. The van der Waals surface area contributed by atoms with E-state index in [1.54, 1.807) is 36.4 Å². The summed E-state index contributed by atoms with van der Waals surface area (Å²) in [5, 5.41) is 8.47. The standard InChI is InChI=1S/C14H11N3O3S/c18-21(19,11-10-12-6-2-1-3-7-12)20-17-14-9-5-4-8-13(14)15-16-17/h1-11H. The van der Waals surface area contributed by atoms with Crippen molar-refractivity contribution in [1.29, 1.82) is 0 Å². The topological polar surface area (TPSA) is 74.1 Å². The van der Waals surface area contributed by atoms with E-state index >= 15 is 0 Å². The molecule has 3 aromatic rings. The van der Waals surface area contributed by atoms with Crippen LogP contribution in [0.1, 0.15) is 5.56 Å². The Kier molecular flexibility index (Phi) is 3.41. The van der Waals surface area contributed by atoms with E-state index in [0.29, 0.717) is 11.0 Å². The molecule has 0 N–H and O–H groups in total. The zero-order valence-corrected chi connectivity index (χ0v) is 11.6. The summed E-state index contributed by atoms with van der Waals surface area (Å²) in [5.74, 6) is 0. The molecule has 0 radical (unpaired) electrons. The van der Waals surface area contributed by atoms with E-state index < -0.39 is 10.1 Å². The summed E-state index contributed by atoms with van der Waals surface area (Å²) in [7, 11) is -3.91. The van der Waals surface area contributed by atoms with E-state index in [9.17, 15) is 8.42 Å². The Hall–Kier alpha value is -2.67. The molecule has 0 aliphatic rings. The molecular formula is C14H11N3O3S. The molecule has 1 heterocycles. The van der Waals surface area contributed by atoms with Gasteiger partial charge in [-0.15, -0.1) is 5.10 Å². The molecule has 106 valence electrons. The average Bonchev–Trinajstić information content (AvgIpc) is 2.89. The molecule has 2 aromatic carbocycles. The number of nitrogens with zero attached hydrogens (tertiary/aromatic N) is 3. The molecule has 0 unspecified atom stereocenters. The second-order valence-electron chi connectivity index (χ2n) is 4.23. The van der Waals surface area contributed by atoms with Gasteiger partial charge >= 0.3 is 10.1 Å². The van der Waals surface area contributed by atoms with Crippen LogP contribution < -0.4 is 4.28 Å². The molecule has 1 aromatic heterocycles. The number of hydrogen-bond acceptors (Lipinski definition) is 5. The Morgan fingerprint density at radius 3 is 2.52 bits per heavy atom. The van der Waals surface area contributed by atoms with Crippen LogP contribution in [0, 0.1) is 0 Å². The summed E-state index contributed by atoms with van der Waals surface area (Å²) < 4.78 is 28.7. The predicted molar refractivity (Wildman–Crippen MR) is 78.5 cm³/mol. The third kappa shape index (κ3) is 3.09. The monoisotopic (exact) mass is 301 g/mol. The molecule has 0 amide bonds. The Balaban J connectivity index is 1.85. The van der Waals surface area contributed by atoms with Crippen LogP contribution in [-0.2, 0) is 10.1 Å². The highest BCUT2D eigenvalue weighted by atomic mass is 32.2. The fourth-order valence-electron chi connectivity index (χ4n) is 1.75. The Labute approximate surface area is 121 Å². The zero-order chi connectivity index (χ0) is 14.7. The van der Waals surface area contributed by atoms with Gasteiger partial charge in [0.15, 0.2) is 0 Å². The lowest BCUT2D eigenvalue weighted by Crippen LogP contribution is -2.19. The molecule has 7 heteroatoms.